The molecule has 10 heteroatoms. The first-order chi connectivity index (χ1) is 15.1. The van der Waals surface area contributed by atoms with Crippen LogP contribution in [-0.2, 0) is 35.6 Å². The number of nitrogens with one attached hydrogen (secondary N) is 1. The van der Waals surface area contributed by atoms with E-state index in [9.17, 15) is 21.6 Å². The summed E-state index contributed by atoms with van der Waals surface area (Å²) in [6, 6.07) is 12.0. The molecule has 0 aromatic heterocycles. The van der Waals surface area contributed by atoms with Gasteiger partial charge in [0.05, 0.1) is 31.0 Å². The van der Waals surface area contributed by atoms with Crippen molar-refractivity contribution in [3.8, 4) is 5.75 Å². The molecule has 8 nitrogen and oxygen atoms in total. The third-order valence-electron chi connectivity index (χ3n) is 5.51. The summed E-state index contributed by atoms with van der Waals surface area (Å²) in [5.41, 5.74) is 1.53. The number of hydrogen-bond acceptors (Lipinski definition) is 8. The lowest BCUT2D eigenvalue weighted by atomic mass is 10.0. The first-order valence-corrected chi connectivity index (χ1v) is 13.4. The second kappa shape index (κ2) is 9.60. The Hall–Kier alpha value is -2.43. The largest absolute Gasteiger partial charge is 0.495 e. The van der Waals surface area contributed by atoms with Gasteiger partial charge in [0.2, 0.25) is 0 Å². The predicted molar refractivity (Wildman–Crippen MR) is 120 cm³/mol. The molecule has 0 radical (unpaired) electrons. The number of carbonyl (C=O) groups is 1. The lowest BCUT2D eigenvalue weighted by molar-refractivity contribution is -0.143. The highest BCUT2D eigenvalue weighted by atomic mass is 32.2. The third-order valence-corrected chi connectivity index (χ3v) is 9.68. The lowest BCUT2D eigenvalue weighted by Gasteiger charge is -2.25. The van der Waals surface area contributed by atoms with Crippen LogP contribution in [0.1, 0.15) is 11.1 Å². The fraction of sp³-hybridized carbons (Fsp3) is 0.409. The molecule has 1 aliphatic heterocycles. The Kier molecular flexibility index (Phi) is 7.26. The highest BCUT2D eigenvalue weighted by molar-refractivity contribution is 7.96. The summed E-state index contributed by atoms with van der Waals surface area (Å²) in [7, 11) is -5.15. The number of benzene rings is 2. The quantitative estimate of drug-likeness (QED) is 0.561. The van der Waals surface area contributed by atoms with Crippen LogP contribution in [0.3, 0.4) is 0 Å². The molecule has 0 aliphatic carbocycles. The van der Waals surface area contributed by atoms with Crippen LogP contribution >= 0.6 is 0 Å². The molecule has 0 saturated carbocycles. The van der Waals surface area contributed by atoms with Crippen molar-refractivity contribution in [1.29, 1.82) is 0 Å². The van der Waals surface area contributed by atoms with Crippen molar-refractivity contribution in [2.75, 3.05) is 25.7 Å². The van der Waals surface area contributed by atoms with E-state index < -0.39 is 54.5 Å². The first-order valence-electron chi connectivity index (χ1n) is 10.0. The van der Waals surface area contributed by atoms with Gasteiger partial charge < -0.3 is 9.47 Å². The van der Waals surface area contributed by atoms with E-state index >= 15 is 0 Å². The fourth-order valence-electron chi connectivity index (χ4n) is 3.91. The molecule has 0 unspecified atom stereocenters. The van der Waals surface area contributed by atoms with Crippen molar-refractivity contribution in [3.63, 3.8) is 0 Å². The molecule has 1 N–H and O–H groups in total. The maximum atomic E-state index is 13.5. The standard InChI is InChI=1S/C22H27NO7S2/c1-15-9-10-19(29-2)20(11-15)32(27,28)21-14-31(25,26)13-18(21)23-17(22(24)30-3)12-16-7-5-4-6-8-16/h4-11,17-18,21,23H,12-14H2,1-3H3/t17-,18-,21-/m0/s1. The Balaban J connectivity index is 1.97. The van der Waals surface area contributed by atoms with Gasteiger partial charge in [0.1, 0.15) is 16.7 Å². The molecule has 32 heavy (non-hydrogen) atoms. The van der Waals surface area contributed by atoms with Crippen LogP contribution in [-0.4, -0.2) is 65.9 Å². The Morgan fingerprint density at radius 1 is 1.12 bits per heavy atom. The van der Waals surface area contributed by atoms with Gasteiger partial charge in [0, 0.05) is 6.04 Å². The fourth-order valence-corrected chi connectivity index (χ4v) is 8.83. The van der Waals surface area contributed by atoms with Gasteiger partial charge in [-0.2, -0.15) is 0 Å². The van der Waals surface area contributed by atoms with E-state index in [-0.39, 0.29) is 17.1 Å². The molecule has 3 atom stereocenters. The Morgan fingerprint density at radius 3 is 2.44 bits per heavy atom. The van der Waals surface area contributed by atoms with E-state index in [1.807, 2.05) is 30.3 Å². The van der Waals surface area contributed by atoms with E-state index in [1.54, 1.807) is 19.1 Å². The van der Waals surface area contributed by atoms with Crippen LogP contribution in [0.5, 0.6) is 5.75 Å². The maximum Gasteiger partial charge on any atom is 0.323 e. The summed E-state index contributed by atoms with van der Waals surface area (Å²) in [4.78, 5) is 12.4. The number of hydrogen-bond donors (Lipinski definition) is 1. The van der Waals surface area contributed by atoms with Crippen LogP contribution in [0.25, 0.3) is 0 Å². The number of methoxy groups -OCH3 is 2. The zero-order valence-electron chi connectivity index (χ0n) is 18.1. The minimum atomic E-state index is -4.09. The molecule has 1 fully saturated rings. The molecule has 1 heterocycles. The van der Waals surface area contributed by atoms with E-state index in [1.165, 1.54) is 20.3 Å². The molecule has 174 valence electrons. The Morgan fingerprint density at radius 2 is 1.81 bits per heavy atom. The van der Waals surface area contributed by atoms with E-state index in [0.717, 1.165) is 5.56 Å². The molecule has 2 aromatic carbocycles. The molecule has 1 aliphatic rings. The molecular formula is C22H27NO7S2. The van der Waals surface area contributed by atoms with Gasteiger partial charge in [-0.05, 0) is 36.6 Å². The molecule has 0 spiro atoms. The molecule has 0 amide bonds. The van der Waals surface area contributed by atoms with Crippen molar-refractivity contribution in [3.05, 3.63) is 59.7 Å². The van der Waals surface area contributed by atoms with Crippen LogP contribution < -0.4 is 10.1 Å². The second-order valence-electron chi connectivity index (χ2n) is 7.85. The minimum Gasteiger partial charge on any atom is -0.495 e. The van der Waals surface area contributed by atoms with Gasteiger partial charge in [0.25, 0.3) is 0 Å². The second-order valence-corrected chi connectivity index (χ2v) is 12.1. The number of carbonyl (C=O) groups excluding carboxylic acids is 1. The maximum absolute atomic E-state index is 13.5. The number of aryl methyl sites for hydroxylation is 1. The summed E-state index contributed by atoms with van der Waals surface area (Å²) in [6.07, 6.45) is 0.227. The van der Waals surface area contributed by atoms with Crippen LogP contribution in [0.4, 0.5) is 0 Å². The highest BCUT2D eigenvalue weighted by Crippen LogP contribution is 2.32. The smallest absolute Gasteiger partial charge is 0.323 e. The van der Waals surface area contributed by atoms with Gasteiger partial charge in [-0.3, -0.25) is 10.1 Å². The first kappa shape index (κ1) is 24.2. The van der Waals surface area contributed by atoms with Crippen LogP contribution in [0, 0.1) is 6.92 Å². The van der Waals surface area contributed by atoms with Crippen molar-refractivity contribution < 1.29 is 31.1 Å². The SMILES string of the molecule is COC(=O)[C@H](Cc1ccccc1)N[C@H]1CS(=O)(=O)C[C@@H]1S(=O)(=O)c1cc(C)ccc1OC. The molecule has 0 bridgehead atoms. The van der Waals surface area contributed by atoms with Crippen molar-refractivity contribution in [2.45, 2.75) is 35.6 Å². The van der Waals surface area contributed by atoms with Crippen LogP contribution in [0.2, 0.25) is 0 Å². The van der Waals surface area contributed by atoms with Gasteiger partial charge >= 0.3 is 5.97 Å². The van der Waals surface area contributed by atoms with Gasteiger partial charge in [-0.15, -0.1) is 0 Å². The van der Waals surface area contributed by atoms with Crippen LogP contribution in [0.15, 0.2) is 53.4 Å². The molecule has 2 aromatic rings. The monoisotopic (exact) mass is 481 g/mol. The lowest BCUT2D eigenvalue weighted by Crippen LogP contribution is -2.51. The van der Waals surface area contributed by atoms with Crippen molar-refractivity contribution in [1.82, 2.24) is 5.32 Å². The van der Waals surface area contributed by atoms with Crippen molar-refractivity contribution in [2.24, 2.45) is 0 Å². The Bertz CT molecular complexity index is 1180. The highest BCUT2D eigenvalue weighted by Gasteiger charge is 2.47. The Labute approximate surface area is 188 Å². The molecular weight excluding hydrogens is 454 g/mol. The normalized spacial score (nSPS) is 21.1. The summed E-state index contributed by atoms with van der Waals surface area (Å²) in [6.45, 7) is 1.74. The predicted octanol–water partition coefficient (Wildman–Crippen LogP) is 1.32. The van der Waals surface area contributed by atoms with Crippen molar-refractivity contribution >= 4 is 25.6 Å². The van der Waals surface area contributed by atoms with E-state index in [2.05, 4.69) is 5.32 Å². The average Bonchev–Trinajstić information content (AvgIpc) is 3.08. The van der Waals surface area contributed by atoms with Gasteiger partial charge in [0.15, 0.2) is 19.7 Å². The van der Waals surface area contributed by atoms with Gasteiger partial charge in [-0.25, -0.2) is 16.8 Å². The summed E-state index contributed by atoms with van der Waals surface area (Å²) in [5, 5.41) is 1.70. The number of esters is 1. The van der Waals surface area contributed by atoms with E-state index in [4.69, 9.17) is 9.47 Å². The van der Waals surface area contributed by atoms with Gasteiger partial charge in [-0.1, -0.05) is 36.4 Å². The molecule has 1 saturated heterocycles. The average molecular weight is 482 g/mol. The topological polar surface area (TPSA) is 116 Å². The number of rotatable bonds is 8. The molecule has 3 rings (SSSR count). The number of ether oxygens (including phenoxy) is 2. The number of sulfone groups is 2. The zero-order chi connectivity index (χ0) is 23.5. The zero-order valence-corrected chi connectivity index (χ0v) is 19.8. The summed E-state index contributed by atoms with van der Waals surface area (Å²) >= 11 is 0. The van der Waals surface area contributed by atoms with E-state index in [0.29, 0.717) is 5.56 Å². The summed E-state index contributed by atoms with van der Waals surface area (Å²) < 4.78 is 62.2. The third kappa shape index (κ3) is 5.31. The summed E-state index contributed by atoms with van der Waals surface area (Å²) in [5.74, 6) is -1.38. The minimum absolute atomic E-state index is 0.0634.